The minimum Gasteiger partial charge on any atom is -0.484 e. The van der Waals surface area contributed by atoms with Crippen LogP contribution in [-0.2, 0) is 4.79 Å². The van der Waals surface area contributed by atoms with Crippen LogP contribution < -0.4 is 10.2 Å². The molecule has 1 aromatic carbocycles. The molecule has 0 spiro atoms. The Labute approximate surface area is 149 Å². The molecule has 5 heteroatoms. The van der Waals surface area contributed by atoms with Gasteiger partial charge in [0.15, 0.2) is 6.61 Å². The summed E-state index contributed by atoms with van der Waals surface area (Å²) in [6.07, 6.45) is 7.67. The second-order valence-electron chi connectivity index (χ2n) is 5.85. The van der Waals surface area contributed by atoms with Crippen LogP contribution in [0.4, 0.5) is 0 Å². The first-order valence-corrected chi connectivity index (χ1v) is 8.26. The van der Waals surface area contributed by atoms with E-state index in [1.807, 2.05) is 19.9 Å². The summed E-state index contributed by atoms with van der Waals surface area (Å²) in [7, 11) is 0. The van der Waals surface area contributed by atoms with Gasteiger partial charge in [0.1, 0.15) is 5.75 Å². The number of benzene rings is 1. The molecule has 130 valence electrons. The number of halogens is 1. The topological polar surface area (TPSA) is 50.7 Å². The summed E-state index contributed by atoms with van der Waals surface area (Å²) >= 11 is 5.94. The summed E-state index contributed by atoms with van der Waals surface area (Å²) in [4.78, 5) is 11.7. The Morgan fingerprint density at radius 2 is 2.08 bits per heavy atom. The second-order valence-corrected chi connectivity index (χ2v) is 6.25. The van der Waals surface area contributed by atoms with Crippen LogP contribution in [0.3, 0.4) is 0 Å². The van der Waals surface area contributed by atoms with Crippen molar-refractivity contribution in [2.24, 2.45) is 5.10 Å². The molecule has 0 aliphatic rings. The number of carbonyl (C=O) groups is 1. The predicted molar refractivity (Wildman–Crippen MR) is 101 cm³/mol. The van der Waals surface area contributed by atoms with Gasteiger partial charge < -0.3 is 4.74 Å². The van der Waals surface area contributed by atoms with Gasteiger partial charge in [0.25, 0.3) is 5.91 Å². The number of carbonyl (C=O) groups excluding carboxylic acids is 1. The van der Waals surface area contributed by atoms with Gasteiger partial charge in [-0.3, -0.25) is 4.79 Å². The van der Waals surface area contributed by atoms with Crippen molar-refractivity contribution in [3.05, 3.63) is 52.1 Å². The monoisotopic (exact) mass is 348 g/mol. The van der Waals surface area contributed by atoms with Crippen LogP contribution in [0.2, 0.25) is 5.02 Å². The summed E-state index contributed by atoms with van der Waals surface area (Å²) in [5, 5.41) is 4.55. The van der Waals surface area contributed by atoms with E-state index in [0.29, 0.717) is 10.8 Å². The van der Waals surface area contributed by atoms with E-state index in [1.54, 1.807) is 24.4 Å². The van der Waals surface area contributed by atoms with Crippen molar-refractivity contribution in [2.45, 2.75) is 40.5 Å². The maximum Gasteiger partial charge on any atom is 0.277 e. The zero-order chi connectivity index (χ0) is 17.9. The van der Waals surface area contributed by atoms with Crippen molar-refractivity contribution in [1.29, 1.82) is 0 Å². The van der Waals surface area contributed by atoms with Crippen molar-refractivity contribution >= 4 is 23.7 Å². The fraction of sp³-hybridized carbons (Fsp3) is 0.368. The molecule has 24 heavy (non-hydrogen) atoms. The SMILES string of the molecule is CC(C)=CCC/C(C)=C/C=N/NC(=O)COc1ccc(Cl)c(C)c1. The van der Waals surface area contributed by atoms with Crippen LogP contribution in [0.5, 0.6) is 5.75 Å². The minimum absolute atomic E-state index is 0.0956. The fourth-order valence-corrected chi connectivity index (χ4v) is 1.95. The molecule has 1 aromatic rings. The number of allylic oxidation sites excluding steroid dienone is 4. The third-order valence-electron chi connectivity index (χ3n) is 3.21. The van der Waals surface area contributed by atoms with E-state index in [2.05, 4.69) is 30.5 Å². The van der Waals surface area contributed by atoms with Crippen molar-refractivity contribution in [1.82, 2.24) is 5.43 Å². The van der Waals surface area contributed by atoms with Crippen LogP contribution >= 0.6 is 11.6 Å². The van der Waals surface area contributed by atoms with Gasteiger partial charge in [0.05, 0.1) is 0 Å². The summed E-state index contributed by atoms with van der Waals surface area (Å²) in [5.74, 6) is 0.292. The van der Waals surface area contributed by atoms with Gasteiger partial charge in [0, 0.05) is 11.2 Å². The Morgan fingerprint density at radius 1 is 1.33 bits per heavy atom. The number of aryl methyl sites for hydroxylation is 1. The van der Waals surface area contributed by atoms with E-state index in [0.717, 1.165) is 18.4 Å². The lowest BCUT2D eigenvalue weighted by Gasteiger charge is -2.06. The number of rotatable bonds is 8. The molecule has 1 rings (SSSR count). The largest absolute Gasteiger partial charge is 0.484 e. The molecule has 0 atom stereocenters. The maximum atomic E-state index is 11.7. The number of nitrogens with zero attached hydrogens (tertiary/aromatic N) is 1. The lowest BCUT2D eigenvalue weighted by atomic mass is 10.1. The number of hydrazone groups is 1. The van der Waals surface area contributed by atoms with Gasteiger partial charge in [-0.25, -0.2) is 5.43 Å². The number of nitrogens with one attached hydrogen (secondary N) is 1. The second kappa shape index (κ2) is 10.7. The van der Waals surface area contributed by atoms with E-state index < -0.39 is 0 Å². The van der Waals surface area contributed by atoms with Crippen LogP contribution in [-0.4, -0.2) is 18.7 Å². The van der Waals surface area contributed by atoms with E-state index in [-0.39, 0.29) is 12.5 Å². The fourth-order valence-electron chi connectivity index (χ4n) is 1.83. The molecular formula is C19H25ClN2O2. The van der Waals surface area contributed by atoms with Gasteiger partial charge in [-0.05, 0) is 70.4 Å². The highest BCUT2D eigenvalue weighted by Crippen LogP contribution is 2.20. The summed E-state index contributed by atoms with van der Waals surface area (Å²) in [6.45, 7) is 8.00. The highest BCUT2D eigenvalue weighted by atomic mass is 35.5. The third kappa shape index (κ3) is 8.53. The standard InChI is InChI=1S/C19H25ClN2O2/c1-14(2)6-5-7-15(3)10-11-21-22-19(23)13-24-17-8-9-18(20)16(4)12-17/h6,8-12H,5,7,13H2,1-4H3,(H,22,23)/b15-10+,21-11+. The molecule has 0 bridgehead atoms. The van der Waals surface area contributed by atoms with Crippen molar-refractivity contribution in [2.75, 3.05) is 6.61 Å². The zero-order valence-electron chi connectivity index (χ0n) is 14.7. The van der Waals surface area contributed by atoms with Crippen molar-refractivity contribution in [3.63, 3.8) is 0 Å². The Kier molecular flexibility index (Phi) is 8.87. The minimum atomic E-state index is -0.311. The third-order valence-corrected chi connectivity index (χ3v) is 3.64. The van der Waals surface area contributed by atoms with E-state index in [9.17, 15) is 4.79 Å². The molecule has 0 aliphatic carbocycles. The lowest BCUT2D eigenvalue weighted by Crippen LogP contribution is -2.24. The van der Waals surface area contributed by atoms with E-state index in [4.69, 9.17) is 16.3 Å². The number of amides is 1. The first-order valence-electron chi connectivity index (χ1n) is 7.88. The molecule has 1 N–H and O–H groups in total. The van der Waals surface area contributed by atoms with Crippen molar-refractivity contribution in [3.8, 4) is 5.75 Å². The first-order chi connectivity index (χ1) is 11.4. The zero-order valence-corrected chi connectivity index (χ0v) is 15.5. The van der Waals surface area contributed by atoms with Gasteiger partial charge in [-0.2, -0.15) is 5.10 Å². The molecule has 4 nitrogen and oxygen atoms in total. The van der Waals surface area contributed by atoms with Gasteiger partial charge >= 0.3 is 0 Å². The Balaban J connectivity index is 2.32. The Morgan fingerprint density at radius 3 is 2.75 bits per heavy atom. The Hall–Kier alpha value is -2.07. The van der Waals surface area contributed by atoms with Crippen LogP contribution in [0.1, 0.15) is 39.2 Å². The average molecular weight is 349 g/mol. The molecule has 0 saturated heterocycles. The molecule has 1 amide bonds. The molecule has 0 fully saturated rings. The average Bonchev–Trinajstić information content (AvgIpc) is 2.52. The lowest BCUT2D eigenvalue weighted by molar-refractivity contribution is -0.123. The number of hydrogen-bond donors (Lipinski definition) is 1. The molecule has 0 unspecified atom stereocenters. The highest BCUT2D eigenvalue weighted by molar-refractivity contribution is 6.31. The summed E-state index contributed by atoms with van der Waals surface area (Å²) in [6, 6.07) is 5.26. The molecule has 0 aliphatic heterocycles. The van der Waals surface area contributed by atoms with Gasteiger partial charge in [-0.1, -0.05) is 28.8 Å². The van der Waals surface area contributed by atoms with Gasteiger partial charge in [0.2, 0.25) is 0 Å². The van der Waals surface area contributed by atoms with E-state index >= 15 is 0 Å². The summed E-state index contributed by atoms with van der Waals surface area (Å²) in [5.41, 5.74) is 5.86. The smallest absolute Gasteiger partial charge is 0.277 e. The van der Waals surface area contributed by atoms with Crippen LogP contribution in [0.15, 0.2) is 46.6 Å². The van der Waals surface area contributed by atoms with E-state index in [1.165, 1.54) is 11.1 Å². The molecule has 0 radical (unpaired) electrons. The maximum absolute atomic E-state index is 11.7. The molecular weight excluding hydrogens is 324 g/mol. The molecule has 0 saturated carbocycles. The quantitative estimate of drug-likeness (QED) is 0.416. The summed E-state index contributed by atoms with van der Waals surface area (Å²) < 4.78 is 5.39. The number of hydrogen-bond acceptors (Lipinski definition) is 3. The van der Waals surface area contributed by atoms with Crippen LogP contribution in [0, 0.1) is 6.92 Å². The molecule has 0 aromatic heterocycles. The van der Waals surface area contributed by atoms with Crippen LogP contribution in [0.25, 0.3) is 0 Å². The number of ether oxygens (including phenoxy) is 1. The molecule has 0 heterocycles. The normalized spacial score (nSPS) is 11.5. The first kappa shape index (κ1) is 20.0. The highest BCUT2D eigenvalue weighted by Gasteiger charge is 2.02. The van der Waals surface area contributed by atoms with Crippen molar-refractivity contribution < 1.29 is 9.53 Å². The van der Waals surface area contributed by atoms with Gasteiger partial charge in [-0.15, -0.1) is 0 Å². The Bertz CT molecular complexity index is 645. The predicted octanol–water partition coefficient (Wildman–Crippen LogP) is 4.82.